The number of allylic oxidation sites excluding steroid dienone is 1. The molecule has 0 saturated heterocycles. The molecule has 156 valence electrons. The molecule has 0 aliphatic carbocycles. The van der Waals surface area contributed by atoms with Crippen LogP contribution in [0.4, 0.5) is 4.39 Å². The molecule has 0 amide bonds. The molecule has 0 unspecified atom stereocenters. The van der Waals surface area contributed by atoms with E-state index in [0.717, 1.165) is 5.56 Å². The highest BCUT2D eigenvalue weighted by Gasteiger charge is 2.10. The predicted octanol–water partition coefficient (Wildman–Crippen LogP) is 5.57. The van der Waals surface area contributed by atoms with Gasteiger partial charge >= 0.3 is 5.97 Å². The molecule has 3 rings (SSSR count). The molecule has 3 aromatic carbocycles. The zero-order chi connectivity index (χ0) is 22.2. The summed E-state index contributed by atoms with van der Waals surface area (Å²) >= 11 is 0. The summed E-state index contributed by atoms with van der Waals surface area (Å²) in [4.78, 5) is 11.0. The van der Waals surface area contributed by atoms with Crippen LogP contribution < -0.4 is 9.47 Å². The van der Waals surface area contributed by atoms with Crippen molar-refractivity contribution in [1.29, 1.82) is 5.26 Å². The van der Waals surface area contributed by atoms with Gasteiger partial charge in [0.05, 0.1) is 23.8 Å². The van der Waals surface area contributed by atoms with Gasteiger partial charge in [0.25, 0.3) is 0 Å². The van der Waals surface area contributed by atoms with Crippen molar-refractivity contribution in [2.45, 2.75) is 13.5 Å². The summed E-state index contributed by atoms with van der Waals surface area (Å²) in [5.41, 5.74) is 2.11. The van der Waals surface area contributed by atoms with E-state index in [9.17, 15) is 14.4 Å². The van der Waals surface area contributed by atoms with Crippen molar-refractivity contribution in [3.63, 3.8) is 0 Å². The molecule has 0 radical (unpaired) electrons. The largest absolute Gasteiger partial charge is 0.490 e. The fraction of sp³-hybridized carbons (Fsp3) is 0.120. The Labute approximate surface area is 179 Å². The second kappa shape index (κ2) is 10.1. The van der Waals surface area contributed by atoms with Crippen molar-refractivity contribution in [1.82, 2.24) is 0 Å². The van der Waals surface area contributed by atoms with Gasteiger partial charge in [-0.25, -0.2) is 9.18 Å². The Bertz CT molecular complexity index is 1150. The first kappa shape index (κ1) is 21.6. The number of benzene rings is 3. The van der Waals surface area contributed by atoms with Gasteiger partial charge in [-0.05, 0) is 54.5 Å². The van der Waals surface area contributed by atoms with Gasteiger partial charge in [0.2, 0.25) is 0 Å². The normalized spacial score (nSPS) is 10.9. The number of aromatic carboxylic acids is 1. The van der Waals surface area contributed by atoms with Crippen LogP contribution in [0.3, 0.4) is 0 Å². The number of carbonyl (C=O) groups is 1. The summed E-state index contributed by atoms with van der Waals surface area (Å²) in [6, 6.07) is 19.8. The van der Waals surface area contributed by atoms with E-state index in [1.807, 2.05) is 13.0 Å². The van der Waals surface area contributed by atoms with Gasteiger partial charge < -0.3 is 14.6 Å². The van der Waals surface area contributed by atoms with Crippen LogP contribution in [0.2, 0.25) is 0 Å². The van der Waals surface area contributed by atoms with Crippen molar-refractivity contribution in [2.75, 3.05) is 6.61 Å². The minimum Gasteiger partial charge on any atom is -0.490 e. The number of hydrogen-bond acceptors (Lipinski definition) is 4. The van der Waals surface area contributed by atoms with E-state index in [-0.39, 0.29) is 23.3 Å². The van der Waals surface area contributed by atoms with Crippen molar-refractivity contribution < 1.29 is 23.8 Å². The van der Waals surface area contributed by atoms with Crippen molar-refractivity contribution in [3.8, 4) is 17.6 Å². The Hall–Kier alpha value is -4.11. The summed E-state index contributed by atoms with van der Waals surface area (Å²) in [5, 5.41) is 18.5. The third-order valence-corrected chi connectivity index (χ3v) is 4.46. The van der Waals surface area contributed by atoms with E-state index in [4.69, 9.17) is 14.6 Å². The van der Waals surface area contributed by atoms with Gasteiger partial charge in [-0.1, -0.05) is 36.4 Å². The van der Waals surface area contributed by atoms with Crippen molar-refractivity contribution in [2.24, 2.45) is 0 Å². The first-order chi connectivity index (χ1) is 15.0. The zero-order valence-electron chi connectivity index (χ0n) is 16.8. The monoisotopic (exact) mass is 417 g/mol. The lowest BCUT2D eigenvalue weighted by atomic mass is 10.0. The number of nitrogens with zero attached hydrogens (tertiary/aromatic N) is 1. The molecule has 5 nitrogen and oxygen atoms in total. The fourth-order valence-corrected chi connectivity index (χ4v) is 2.92. The van der Waals surface area contributed by atoms with E-state index in [2.05, 4.69) is 0 Å². The van der Waals surface area contributed by atoms with Crippen LogP contribution in [-0.4, -0.2) is 17.7 Å². The average molecular weight is 417 g/mol. The third-order valence-electron chi connectivity index (χ3n) is 4.46. The van der Waals surface area contributed by atoms with E-state index in [1.54, 1.807) is 54.6 Å². The number of ether oxygens (including phenoxy) is 2. The first-order valence-electron chi connectivity index (χ1n) is 9.60. The average Bonchev–Trinajstić information content (AvgIpc) is 2.78. The van der Waals surface area contributed by atoms with Crippen LogP contribution in [0, 0.1) is 17.1 Å². The Morgan fingerprint density at radius 3 is 2.45 bits per heavy atom. The summed E-state index contributed by atoms with van der Waals surface area (Å²) in [5.74, 6) is -0.453. The van der Waals surface area contributed by atoms with Crippen LogP contribution in [0.15, 0.2) is 66.7 Å². The van der Waals surface area contributed by atoms with Crippen molar-refractivity contribution >= 4 is 17.6 Å². The lowest BCUT2D eigenvalue weighted by Gasteiger charge is -2.13. The summed E-state index contributed by atoms with van der Waals surface area (Å²) in [6.07, 6.45) is 1.59. The molecule has 1 N–H and O–H groups in total. The standard InChI is InChI=1S/C25H20FNO4/c1-2-30-24-14-18(13-20(15-27)21-5-3-4-6-22(21)26)9-12-23(24)31-16-17-7-10-19(11-8-17)25(28)29/h3-14H,2,16H2,1H3,(H,28,29)/b20-13-. The van der Waals surface area contributed by atoms with Crippen LogP contribution in [-0.2, 0) is 6.61 Å². The number of halogens is 1. The quantitative estimate of drug-likeness (QED) is 0.383. The van der Waals surface area contributed by atoms with E-state index >= 15 is 0 Å². The van der Waals surface area contributed by atoms with Crippen LogP contribution in [0.25, 0.3) is 11.6 Å². The molecular formula is C25H20FNO4. The van der Waals surface area contributed by atoms with Gasteiger partial charge in [0.1, 0.15) is 12.4 Å². The van der Waals surface area contributed by atoms with E-state index < -0.39 is 11.8 Å². The number of carboxylic acid groups (broad SMARTS) is 1. The second-order valence-electron chi connectivity index (χ2n) is 6.58. The smallest absolute Gasteiger partial charge is 0.335 e. The topological polar surface area (TPSA) is 79.5 Å². The predicted molar refractivity (Wildman–Crippen MR) is 115 cm³/mol. The van der Waals surface area contributed by atoms with Crippen LogP contribution >= 0.6 is 0 Å². The molecular weight excluding hydrogens is 397 g/mol. The molecule has 3 aromatic rings. The van der Waals surface area contributed by atoms with Gasteiger partial charge in [0, 0.05) is 5.56 Å². The number of hydrogen-bond donors (Lipinski definition) is 1. The number of nitriles is 1. The Morgan fingerprint density at radius 2 is 1.81 bits per heavy atom. The molecule has 0 aromatic heterocycles. The van der Waals surface area contributed by atoms with E-state index in [1.165, 1.54) is 18.2 Å². The number of rotatable bonds is 8. The molecule has 0 saturated carbocycles. The fourth-order valence-electron chi connectivity index (χ4n) is 2.92. The number of carboxylic acids is 1. The Morgan fingerprint density at radius 1 is 1.06 bits per heavy atom. The highest BCUT2D eigenvalue weighted by Crippen LogP contribution is 2.31. The zero-order valence-corrected chi connectivity index (χ0v) is 16.8. The summed E-state index contributed by atoms with van der Waals surface area (Å²) < 4.78 is 25.6. The Balaban J connectivity index is 1.83. The third kappa shape index (κ3) is 5.49. The minimum atomic E-state index is -0.984. The summed E-state index contributed by atoms with van der Waals surface area (Å²) in [7, 11) is 0. The lowest BCUT2D eigenvalue weighted by molar-refractivity contribution is 0.0697. The van der Waals surface area contributed by atoms with Gasteiger partial charge in [-0.2, -0.15) is 5.26 Å². The summed E-state index contributed by atoms with van der Waals surface area (Å²) in [6.45, 7) is 2.49. The SMILES string of the molecule is CCOc1cc(/C=C(/C#N)c2ccccc2F)ccc1OCc1ccc(C(=O)O)cc1. The molecule has 6 heteroatoms. The second-order valence-corrected chi connectivity index (χ2v) is 6.58. The van der Waals surface area contributed by atoms with Crippen LogP contribution in [0.1, 0.15) is 34.0 Å². The molecule has 0 bridgehead atoms. The lowest BCUT2D eigenvalue weighted by Crippen LogP contribution is -2.01. The van der Waals surface area contributed by atoms with Gasteiger partial charge in [-0.3, -0.25) is 0 Å². The molecule has 0 fully saturated rings. The van der Waals surface area contributed by atoms with E-state index in [0.29, 0.717) is 23.7 Å². The maximum Gasteiger partial charge on any atom is 0.335 e. The highest BCUT2D eigenvalue weighted by molar-refractivity contribution is 5.90. The first-order valence-corrected chi connectivity index (χ1v) is 9.60. The van der Waals surface area contributed by atoms with Crippen LogP contribution in [0.5, 0.6) is 11.5 Å². The molecule has 0 atom stereocenters. The van der Waals surface area contributed by atoms with Gasteiger partial charge in [0.15, 0.2) is 11.5 Å². The van der Waals surface area contributed by atoms with Crippen molar-refractivity contribution in [3.05, 3.63) is 94.8 Å². The minimum absolute atomic E-state index is 0.202. The maximum atomic E-state index is 14.1. The Kier molecular flexibility index (Phi) is 7.02. The molecule has 0 aliphatic rings. The molecule has 0 heterocycles. The molecule has 0 aliphatic heterocycles. The maximum absolute atomic E-state index is 14.1. The molecule has 31 heavy (non-hydrogen) atoms. The highest BCUT2D eigenvalue weighted by atomic mass is 19.1. The molecule has 0 spiro atoms. The van der Waals surface area contributed by atoms with Gasteiger partial charge in [-0.15, -0.1) is 0 Å².